The molecule has 0 heterocycles. The Morgan fingerprint density at radius 1 is 1.16 bits per heavy atom. The fourth-order valence-corrected chi connectivity index (χ4v) is 1.72. The van der Waals surface area contributed by atoms with E-state index in [0.717, 1.165) is 11.3 Å². The van der Waals surface area contributed by atoms with Crippen LogP contribution in [0.15, 0.2) is 24.3 Å². The number of benzene rings is 1. The van der Waals surface area contributed by atoms with E-state index in [9.17, 15) is 4.79 Å². The molecule has 0 saturated carbocycles. The van der Waals surface area contributed by atoms with E-state index in [1.807, 2.05) is 45.0 Å². The first-order valence-electron chi connectivity index (χ1n) is 6.54. The summed E-state index contributed by atoms with van der Waals surface area (Å²) in [7, 11) is 1.52. The number of ether oxygens (including phenoxy) is 2. The molecule has 2 atom stereocenters. The number of amides is 1. The van der Waals surface area contributed by atoms with Gasteiger partial charge in [0.15, 0.2) is 0 Å². The van der Waals surface area contributed by atoms with Gasteiger partial charge >= 0.3 is 0 Å². The molecule has 0 fully saturated rings. The number of hydrogen-bond donors (Lipinski definition) is 1. The van der Waals surface area contributed by atoms with Crippen LogP contribution in [0.25, 0.3) is 0 Å². The number of hydrogen-bond acceptors (Lipinski definition) is 3. The van der Waals surface area contributed by atoms with Crippen molar-refractivity contribution in [3.05, 3.63) is 29.8 Å². The topological polar surface area (TPSA) is 47.6 Å². The van der Waals surface area contributed by atoms with E-state index >= 15 is 0 Å². The van der Waals surface area contributed by atoms with E-state index in [1.165, 1.54) is 7.11 Å². The molecule has 1 aromatic rings. The zero-order valence-corrected chi connectivity index (χ0v) is 12.3. The third-order valence-electron chi connectivity index (χ3n) is 2.83. The Kier molecular flexibility index (Phi) is 5.83. The van der Waals surface area contributed by atoms with Crippen molar-refractivity contribution in [2.24, 2.45) is 0 Å². The first kappa shape index (κ1) is 15.5. The van der Waals surface area contributed by atoms with E-state index in [-0.39, 0.29) is 18.1 Å². The number of rotatable bonds is 6. The predicted octanol–water partition coefficient (Wildman–Crippen LogP) is 2.69. The van der Waals surface area contributed by atoms with Crippen molar-refractivity contribution in [3.63, 3.8) is 0 Å². The van der Waals surface area contributed by atoms with E-state index in [0.29, 0.717) is 0 Å². The summed E-state index contributed by atoms with van der Waals surface area (Å²) in [5, 5.41) is 2.92. The molecular formula is C15H23NO3. The molecule has 0 aliphatic carbocycles. The second-order valence-electron chi connectivity index (χ2n) is 4.81. The predicted molar refractivity (Wildman–Crippen MR) is 75.2 cm³/mol. The Morgan fingerprint density at radius 2 is 1.79 bits per heavy atom. The third-order valence-corrected chi connectivity index (χ3v) is 2.83. The van der Waals surface area contributed by atoms with Gasteiger partial charge in [-0.2, -0.15) is 0 Å². The Hall–Kier alpha value is -1.55. The Labute approximate surface area is 115 Å². The fraction of sp³-hybridized carbons (Fsp3) is 0.533. The van der Waals surface area contributed by atoms with Crippen LogP contribution in [-0.4, -0.2) is 25.2 Å². The summed E-state index contributed by atoms with van der Waals surface area (Å²) in [5.74, 6) is 0.671. The van der Waals surface area contributed by atoms with Crippen LogP contribution >= 0.6 is 0 Å². The summed E-state index contributed by atoms with van der Waals surface area (Å²) in [6.07, 6.45) is -0.359. The lowest BCUT2D eigenvalue weighted by Crippen LogP contribution is -2.35. The Balaban J connectivity index is 2.81. The summed E-state index contributed by atoms with van der Waals surface area (Å²) in [6.45, 7) is 7.61. The zero-order valence-electron chi connectivity index (χ0n) is 12.3. The molecule has 0 radical (unpaired) electrons. The van der Waals surface area contributed by atoms with E-state index < -0.39 is 6.10 Å². The smallest absolute Gasteiger partial charge is 0.249 e. The molecular weight excluding hydrogens is 242 g/mol. The highest BCUT2D eigenvalue weighted by molar-refractivity contribution is 5.80. The highest BCUT2D eigenvalue weighted by atomic mass is 16.5. The van der Waals surface area contributed by atoms with Gasteiger partial charge in [0.05, 0.1) is 12.1 Å². The monoisotopic (exact) mass is 265 g/mol. The second-order valence-corrected chi connectivity index (χ2v) is 4.81. The van der Waals surface area contributed by atoms with Crippen molar-refractivity contribution in [1.29, 1.82) is 0 Å². The molecule has 0 aliphatic rings. The highest BCUT2D eigenvalue weighted by Gasteiger charge is 2.18. The van der Waals surface area contributed by atoms with Gasteiger partial charge in [0.2, 0.25) is 5.91 Å². The fourth-order valence-electron chi connectivity index (χ4n) is 1.72. The van der Waals surface area contributed by atoms with Crippen LogP contribution in [0.4, 0.5) is 0 Å². The number of carbonyl (C=O) groups is 1. The average molecular weight is 265 g/mol. The highest BCUT2D eigenvalue weighted by Crippen LogP contribution is 2.25. The molecule has 0 bridgehead atoms. The molecule has 1 N–H and O–H groups in total. The lowest BCUT2D eigenvalue weighted by molar-refractivity contribution is -0.130. The van der Waals surface area contributed by atoms with Gasteiger partial charge in [-0.15, -0.1) is 0 Å². The quantitative estimate of drug-likeness (QED) is 0.860. The van der Waals surface area contributed by atoms with Crippen LogP contribution < -0.4 is 10.1 Å². The van der Waals surface area contributed by atoms with Gasteiger partial charge in [-0.3, -0.25) is 4.79 Å². The maximum atomic E-state index is 11.8. The Morgan fingerprint density at radius 3 is 2.37 bits per heavy atom. The van der Waals surface area contributed by atoms with E-state index in [1.54, 1.807) is 6.92 Å². The number of nitrogens with one attached hydrogen (secondary N) is 1. The maximum Gasteiger partial charge on any atom is 0.249 e. The summed E-state index contributed by atoms with van der Waals surface area (Å²) < 4.78 is 10.8. The maximum absolute atomic E-state index is 11.8. The van der Waals surface area contributed by atoms with Crippen molar-refractivity contribution < 1.29 is 14.3 Å². The SMILES string of the molecule is COC(C)C(=O)NC(C)c1ccccc1OC(C)C. The largest absolute Gasteiger partial charge is 0.491 e. The molecule has 1 aromatic carbocycles. The molecule has 19 heavy (non-hydrogen) atoms. The number of methoxy groups -OCH3 is 1. The number of para-hydroxylation sites is 1. The third kappa shape index (κ3) is 4.56. The van der Waals surface area contributed by atoms with Crippen molar-refractivity contribution in [2.45, 2.75) is 45.9 Å². The zero-order chi connectivity index (χ0) is 14.4. The van der Waals surface area contributed by atoms with E-state index in [2.05, 4.69) is 5.32 Å². The van der Waals surface area contributed by atoms with Crippen molar-refractivity contribution in [2.75, 3.05) is 7.11 Å². The molecule has 4 heteroatoms. The first-order chi connectivity index (χ1) is 8.95. The summed E-state index contributed by atoms with van der Waals surface area (Å²) in [5.41, 5.74) is 0.966. The Bertz CT molecular complexity index is 418. The summed E-state index contributed by atoms with van der Waals surface area (Å²) >= 11 is 0. The van der Waals surface area contributed by atoms with Crippen molar-refractivity contribution in [3.8, 4) is 5.75 Å². The molecule has 1 amide bonds. The van der Waals surface area contributed by atoms with Gasteiger partial charge in [-0.05, 0) is 33.8 Å². The van der Waals surface area contributed by atoms with Crippen molar-refractivity contribution >= 4 is 5.91 Å². The van der Waals surface area contributed by atoms with Crippen molar-refractivity contribution in [1.82, 2.24) is 5.32 Å². The van der Waals surface area contributed by atoms with Gasteiger partial charge in [0.1, 0.15) is 11.9 Å². The molecule has 2 unspecified atom stereocenters. The van der Waals surface area contributed by atoms with Gasteiger partial charge in [0, 0.05) is 12.7 Å². The van der Waals surface area contributed by atoms with Crippen LogP contribution in [0, 0.1) is 0 Å². The average Bonchev–Trinajstić information content (AvgIpc) is 2.37. The molecule has 106 valence electrons. The standard InChI is InChI=1S/C15H23NO3/c1-10(2)19-14-9-7-6-8-13(14)11(3)16-15(17)12(4)18-5/h6-12H,1-5H3,(H,16,17). The van der Waals surface area contributed by atoms with Gasteiger partial charge in [-0.25, -0.2) is 0 Å². The minimum atomic E-state index is -0.458. The number of carbonyl (C=O) groups excluding carboxylic acids is 1. The lowest BCUT2D eigenvalue weighted by atomic mass is 10.1. The van der Waals surface area contributed by atoms with Crippen LogP contribution in [0.3, 0.4) is 0 Å². The molecule has 1 rings (SSSR count). The van der Waals surface area contributed by atoms with E-state index in [4.69, 9.17) is 9.47 Å². The van der Waals surface area contributed by atoms with Gasteiger partial charge in [-0.1, -0.05) is 18.2 Å². The summed E-state index contributed by atoms with van der Waals surface area (Å²) in [6, 6.07) is 7.61. The molecule has 0 aromatic heterocycles. The normalized spacial score (nSPS) is 14.0. The van der Waals surface area contributed by atoms with Crippen LogP contribution in [0.2, 0.25) is 0 Å². The molecule has 0 spiro atoms. The summed E-state index contributed by atoms with van der Waals surface area (Å²) in [4.78, 5) is 11.8. The van der Waals surface area contributed by atoms with Crippen LogP contribution in [-0.2, 0) is 9.53 Å². The minimum absolute atomic E-state index is 0.0990. The first-order valence-corrected chi connectivity index (χ1v) is 6.54. The molecule has 0 saturated heterocycles. The second kappa shape index (κ2) is 7.14. The van der Waals surface area contributed by atoms with Crippen LogP contribution in [0.5, 0.6) is 5.75 Å². The van der Waals surface area contributed by atoms with Gasteiger partial charge in [0.25, 0.3) is 0 Å². The molecule has 0 aliphatic heterocycles. The van der Waals surface area contributed by atoms with Gasteiger partial charge < -0.3 is 14.8 Å². The molecule has 4 nitrogen and oxygen atoms in total. The lowest BCUT2D eigenvalue weighted by Gasteiger charge is -2.21. The minimum Gasteiger partial charge on any atom is -0.491 e. The van der Waals surface area contributed by atoms with Crippen LogP contribution in [0.1, 0.15) is 39.3 Å².